The molecule has 1 aromatic heterocycles. The summed E-state index contributed by atoms with van der Waals surface area (Å²) in [4.78, 5) is 4.33. The molecule has 0 saturated carbocycles. The van der Waals surface area contributed by atoms with Crippen molar-refractivity contribution in [2.75, 3.05) is 5.73 Å². The molecule has 0 aliphatic heterocycles. The number of rotatable bonds is 1. The predicted octanol–water partition coefficient (Wildman–Crippen LogP) is 4.00. The van der Waals surface area contributed by atoms with Crippen LogP contribution in [0.15, 0.2) is 23.6 Å². The molecule has 2 rings (SSSR count). The average Bonchev–Trinajstić information content (AvgIpc) is 2.63. The molecular weight excluding hydrogens is 228 g/mol. The standard InChI is InChI=1S/C14H18N2S/c1-9-7-10(14(2,3)4)5-6-11(9)12-8-17-13(15)16-12/h5-8H,1-4H3,(H2,15,16). The van der Waals surface area contributed by atoms with E-state index in [1.54, 1.807) is 0 Å². The number of hydrogen-bond donors (Lipinski definition) is 1. The van der Waals surface area contributed by atoms with E-state index in [0.29, 0.717) is 5.13 Å². The van der Waals surface area contributed by atoms with Crippen LogP contribution in [-0.2, 0) is 5.41 Å². The molecule has 1 aromatic carbocycles. The SMILES string of the molecule is Cc1cc(C(C)(C)C)ccc1-c1csc(N)n1. The minimum atomic E-state index is 0.185. The molecule has 2 nitrogen and oxygen atoms in total. The molecule has 0 fully saturated rings. The molecule has 0 spiro atoms. The summed E-state index contributed by atoms with van der Waals surface area (Å²) < 4.78 is 0. The quantitative estimate of drug-likeness (QED) is 0.826. The summed E-state index contributed by atoms with van der Waals surface area (Å²) in [5.74, 6) is 0. The summed E-state index contributed by atoms with van der Waals surface area (Å²) in [7, 11) is 0. The van der Waals surface area contributed by atoms with Crippen molar-refractivity contribution >= 4 is 16.5 Å². The van der Waals surface area contributed by atoms with Gasteiger partial charge in [-0.15, -0.1) is 11.3 Å². The van der Waals surface area contributed by atoms with Gasteiger partial charge < -0.3 is 5.73 Å². The van der Waals surface area contributed by atoms with Gasteiger partial charge in [-0.05, 0) is 23.5 Å². The third-order valence-corrected chi connectivity index (χ3v) is 3.56. The molecule has 0 amide bonds. The van der Waals surface area contributed by atoms with E-state index in [2.05, 4.69) is 50.9 Å². The maximum atomic E-state index is 5.67. The number of aromatic nitrogens is 1. The Kier molecular flexibility index (Phi) is 2.96. The molecule has 0 aliphatic carbocycles. The van der Waals surface area contributed by atoms with Gasteiger partial charge in [-0.2, -0.15) is 0 Å². The van der Waals surface area contributed by atoms with E-state index in [-0.39, 0.29) is 5.41 Å². The highest BCUT2D eigenvalue weighted by atomic mass is 32.1. The van der Waals surface area contributed by atoms with Crippen LogP contribution in [-0.4, -0.2) is 4.98 Å². The number of benzene rings is 1. The number of hydrogen-bond acceptors (Lipinski definition) is 3. The van der Waals surface area contributed by atoms with E-state index < -0.39 is 0 Å². The highest BCUT2D eigenvalue weighted by molar-refractivity contribution is 7.13. The van der Waals surface area contributed by atoms with Crippen molar-refractivity contribution in [1.82, 2.24) is 4.98 Å². The first-order valence-electron chi connectivity index (χ1n) is 5.70. The van der Waals surface area contributed by atoms with Crippen molar-refractivity contribution in [1.29, 1.82) is 0 Å². The van der Waals surface area contributed by atoms with Crippen LogP contribution in [0.5, 0.6) is 0 Å². The maximum absolute atomic E-state index is 5.67. The fourth-order valence-electron chi connectivity index (χ4n) is 1.83. The topological polar surface area (TPSA) is 38.9 Å². The second-order valence-electron chi connectivity index (χ2n) is 5.35. The average molecular weight is 246 g/mol. The largest absolute Gasteiger partial charge is 0.375 e. The zero-order valence-corrected chi connectivity index (χ0v) is 11.6. The molecule has 1 heterocycles. The molecular formula is C14H18N2S. The lowest BCUT2D eigenvalue weighted by Gasteiger charge is -2.20. The van der Waals surface area contributed by atoms with Crippen LogP contribution < -0.4 is 5.73 Å². The summed E-state index contributed by atoms with van der Waals surface area (Å²) in [6.07, 6.45) is 0. The second-order valence-corrected chi connectivity index (χ2v) is 6.24. The van der Waals surface area contributed by atoms with Crippen molar-refractivity contribution in [3.05, 3.63) is 34.7 Å². The van der Waals surface area contributed by atoms with Crippen LogP contribution in [0.2, 0.25) is 0 Å². The molecule has 0 radical (unpaired) electrons. The van der Waals surface area contributed by atoms with E-state index in [1.165, 1.54) is 28.0 Å². The van der Waals surface area contributed by atoms with E-state index in [0.717, 1.165) is 5.69 Å². The Hall–Kier alpha value is -1.35. The Morgan fingerprint density at radius 2 is 1.94 bits per heavy atom. The number of anilines is 1. The third kappa shape index (κ3) is 2.50. The van der Waals surface area contributed by atoms with Crippen molar-refractivity contribution in [3.63, 3.8) is 0 Å². The van der Waals surface area contributed by atoms with Crippen molar-refractivity contribution in [2.45, 2.75) is 33.1 Å². The Bertz CT molecular complexity index is 535. The number of nitrogens with zero attached hydrogens (tertiary/aromatic N) is 1. The maximum Gasteiger partial charge on any atom is 0.180 e. The van der Waals surface area contributed by atoms with Crippen molar-refractivity contribution in [2.24, 2.45) is 0 Å². The lowest BCUT2D eigenvalue weighted by atomic mass is 9.85. The molecule has 90 valence electrons. The molecule has 0 unspecified atom stereocenters. The van der Waals surface area contributed by atoms with Gasteiger partial charge in [0, 0.05) is 10.9 Å². The van der Waals surface area contributed by atoms with E-state index in [1.807, 2.05) is 5.38 Å². The number of thiazole rings is 1. The van der Waals surface area contributed by atoms with Crippen molar-refractivity contribution in [3.8, 4) is 11.3 Å². The minimum Gasteiger partial charge on any atom is -0.375 e. The van der Waals surface area contributed by atoms with Gasteiger partial charge in [0.2, 0.25) is 0 Å². The minimum absolute atomic E-state index is 0.185. The molecule has 0 atom stereocenters. The number of aryl methyl sites for hydroxylation is 1. The molecule has 3 heteroatoms. The highest BCUT2D eigenvalue weighted by Crippen LogP contribution is 2.30. The molecule has 17 heavy (non-hydrogen) atoms. The van der Waals surface area contributed by atoms with E-state index in [4.69, 9.17) is 5.73 Å². The van der Waals surface area contributed by atoms with Crippen LogP contribution in [0.3, 0.4) is 0 Å². The Morgan fingerprint density at radius 3 is 2.41 bits per heavy atom. The zero-order valence-electron chi connectivity index (χ0n) is 10.7. The van der Waals surface area contributed by atoms with Gasteiger partial charge in [0.15, 0.2) is 5.13 Å². The molecule has 0 saturated heterocycles. The van der Waals surface area contributed by atoms with Crippen LogP contribution >= 0.6 is 11.3 Å². The van der Waals surface area contributed by atoms with Gasteiger partial charge in [0.25, 0.3) is 0 Å². The Morgan fingerprint density at radius 1 is 1.24 bits per heavy atom. The van der Waals surface area contributed by atoms with Gasteiger partial charge >= 0.3 is 0 Å². The lowest BCUT2D eigenvalue weighted by molar-refractivity contribution is 0.590. The van der Waals surface area contributed by atoms with Crippen LogP contribution in [0.1, 0.15) is 31.9 Å². The zero-order chi connectivity index (χ0) is 12.6. The normalized spacial score (nSPS) is 11.8. The molecule has 0 bridgehead atoms. The Balaban J connectivity index is 2.45. The van der Waals surface area contributed by atoms with Gasteiger partial charge in [-0.1, -0.05) is 39.0 Å². The first-order chi connectivity index (χ1) is 7.88. The fourth-order valence-corrected chi connectivity index (χ4v) is 2.39. The second kappa shape index (κ2) is 4.15. The molecule has 0 aliphatic rings. The fraction of sp³-hybridized carbons (Fsp3) is 0.357. The first-order valence-corrected chi connectivity index (χ1v) is 6.58. The van der Waals surface area contributed by atoms with Crippen molar-refractivity contribution < 1.29 is 0 Å². The van der Waals surface area contributed by atoms with Gasteiger partial charge in [-0.3, -0.25) is 0 Å². The summed E-state index contributed by atoms with van der Waals surface area (Å²) in [6.45, 7) is 8.80. The first kappa shape index (κ1) is 12.1. The molecule has 2 aromatic rings. The van der Waals surface area contributed by atoms with Gasteiger partial charge in [0.05, 0.1) is 5.69 Å². The summed E-state index contributed by atoms with van der Waals surface area (Å²) >= 11 is 1.48. The number of nitrogens with two attached hydrogens (primary N) is 1. The monoisotopic (exact) mass is 246 g/mol. The van der Waals surface area contributed by atoms with E-state index >= 15 is 0 Å². The molecule has 2 N–H and O–H groups in total. The Labute approximate surface area is 107 Å². The van der Waals surface area contributed by atoms with Gasteiger partial charge in [-0.25, -0.2) is 4.98 Å². The predicted molar refractivity (Wildman–Crippen MR) is 75.4 cm³/mol. The lowest BCUT2D eigenvalue weighted by Crippen LogP contribution is -2.11. The summed E-state index contributed by atoms with van der Waals surface area (Å²) in [5, 5.41) is 2.63. The highest BCUT2D eigenvalue weighted by Gasteiger charge is 2.15. The summed E-state index contributed by atoms with van der Waals surface area (Å²) in [5.41, 5.74) is 10.6. The van der Waals surface area contributed by atoms with Crippen LogP contribution in [0, 0.1) is 6.92 Å². The third-order valence-electron chi connectivity index (χ3n) is 2.89. The van der Waals surface area contributed by atoms with Crippen LogP contribution in [0.25, 0.3) is 11.3 Å². The van der Waals surface area contributed by atoms with E-state index in [9.17, 15) is 0 Å². The summed E-state index contributed by atoms with van der Waals surface area (Å²) in [6, 6.07) is 6.56. The van der Waals surface area contributed by atoms with Crippen LogP contribution in [0.4, 0.5) is 5.13 Å². The number of nitrogen functional groups attached to an aromatic ring is 1. The smallest absolute Gasteiger partial charge is 0.180 e. The van der Waals surface area contributed by atoms with Gasteiger partial charge in [0.1, 0.15) is 0 Å².